The predicted octanol–water partition coefficient (Wildman–Crippen LogP) is -1.22. The van der Waals surface area contributed by atoms with Crippen LogP contribution >= 0.6 is 24.7 Å². The minimum atomic E-state index is -0.407. The van der Waals surface area contributed by atoms with Gasteiger partial charge in [0.05, 0.1) is 31.4 Å². The third-order valence-electron chi connectivity index (χ3n) is 3.68. The molecule has 2 aliphatic rings. The average molecular weight is 320 g/mol. The molecule has 2 rings (SSSR count). The minimum Gasteiger partial charge on any atom is -0.390 e. The lowest BCUT2D eigenvalue weighted by Crippen LogP contribution is -2.27. The number of hydrogen-bond donors (Lipinski definition) is 2. The van der Waals surface area contributed by atoms with Crippen LogP contribution in [-0.4, -0.2) is 75.5 Å². The van der Waals surface area contributed by atoms with Crippen molar-refractivity contribution in [2.24, 2.45) is 0 Å². The Balaban J connectivity index is 1.63. The van der Waals surface area contributed by atoms with Gasteiger partial charge in [-0.3, -0.25) is 0 Å². The molecule has 2 aliphatic heterocycles. The van der Waals surface area contributed by atoms with Crippen LogP contribution in [0, 0.1) is 0 Å². The summed E-state index contributed by atoms with van der Waals surface area (Å²) in [4.78, 5) is 0. The Bertz CT molecular complexity index is 302. The van der Waals surface area contributed by atoms with Crippen molar-refractivity contribution >= 4 is 40.4 Å². The lowest BCUT2D eigenvalue weighted by molar-refractivity contribution is -0.0205. The highest BCUT2D eigenvalue weighted by molar-refractivity contribution is 7.99. The molecule has 0 bridgehead atoms. The second-order valence-electron chi connectivity index (χ2n) is 5.50. The Labute approximate surface area is 131 Å². The summed E-state index contributed by atoms with van der Waals surface area (Å²) in [6, 6.07) is 0.370. The zero-order valence-electron chi connectivity index (χ0n) is 11.9. The van der Waals surface area contributed by atoms with Gasteiger partial charge in [0.15, 0.2) is 0 Å². The van der Waals surface area contributed by atoms with Crippen molar-refractivity contribution in [2.75, 3.05) is 19.2 Å². The molecular weight excluding hydrogens is 298 g/mol. The second kappa shape index (κ2) is 8.31. The number of thioether (sulfide) groups is 1. The van der Waals surface area contributed by atoms with Crippen molar-refractivity contribution in [1.82, 2.24) is 0 Å². The lowest BCUT2D eigenvalue weighted by atomic mass is 9.96. The summed E-state index contributed by atoms with van der Waals surface area (Å²) in [7, 11) is 4.04. The van der Waals surface area contributed by atoms with Gasteiger partial charge in [0.1, 0.15) is 21.8 Å². The molecule has 0 aromatic carbocycles. The topological polar surface area (TPSA) is 57.2 Å². The normalized spacial score (nSPS) is 41.3. The molecule has 2 saturated heterocycles. The van der Waals surface area contributed by atoms with Crippen molar-refractivity contribution in [2.45, 2.75) is 48.4 Å². The zero-order valence-corrected chi connectivity index (χ0v) is 13.6. The summed E-state index contributed by atoms with van der Waals surface area (Å²) in [6.07, 6.45) is 1.16. The molecule has 1 unspecified atom stereocenters. The van der Waals surface area contributed by atoms with Gasteiger partial charge >= 0.3 is 0 Å². The fourth-order valence-corrected chi connectivity index (χ4v) is 3.98. The van der Waals surface area contributed by atoms with E-state index in [9.17, 15) is 5.11 Å². The molecule has 0 saturated carbocycles. The van der Waals surface area contributed by atoms with Gasteiger partial charge in [-0.1, -0.05) is 0 Å². The summed E-state index contributed by atoms with van der Waals surface area (Å²) in [6.45, 7) is 0.933. The smallest absolute Gasteiger partial charge is 0.139 e. The molecule has 2 fully saturated rings. The number of rotatable bonds is 7. The van der Waals surface area contributed by atoms with Crippen molar-refractivity contribution in [3.63, 3.8) is 0 Å². The molecule has 20 heavy (non-hydrogen) atoms. The third kappa shape index (κ3) is 4.83. The van der Waals surface area contributed by atoms with E-state index in [1.807, 2.05) is 7.85 Å². The van der Waals surface area contributed by atoms with E-state index < -0.39 is 6.10 Å². The highest BCUT2D eigenvalue weighted by Crippen LogP contribution is 2.30. The standard InChI is InChI=1S/C11H22B2O5S2/c12-10-1-6(14)7(17-10)3-15-5-20-9-2-11(13)18-8(9)4-16-19/h6-11,14,19H,1-5,12-13H2/t6-,7-,8-,9?,10-,11-/m1/s1. The summed E-state index contributed by atoms with van der Waals surface area (Å²) in [5, 5.41) is 10.1. The quantitative estimate of drug-likeness (QED) is 0.202. The van der Waals surface area contributed by atoms with Gasteiger partial charge in [-0.05, 0) is 25.8 Å². The van der Waals surface area contributed by atoms with Crippen LogP contribution in [0.25, 0.3) is 0 Å². The summed E-state index contributed by atoms with van der Waals surface area (Å²) < 4.78 is 21.8. The largest absolute Gasteiger partial charge is 0.390 e. The first-order valence-electron chi connectivity index (χ1n) is 7.04. The molecule has 1 N–H and O–H groups in total. The van der Waals surface area contributed by atoms with E-state index in [0.29, 0.717) is 30.8 Å². The molecule has 0 amide bonds. The highest BCUT2D eigenvalue weighted by Gasteiger charge is 2.34. The van der Waals surface area contributed by atoms with Crippen LogP contribution in [0.3, 0.4) is 0 Å². The molecule has 0 aromatic rings. The summed E-state index contributed by atoms with van der Waals surface area (Å²) in [5.74, 6) is 0.574. The Morgan fingerprint density at radius 1 is 1.15 bits per heavy atom. The van der Waals surface area contributed by atoms with E-state index in [0.717, 1.165) is 6.42 Å². The first kappa shape index (κ1) is 17.0. The first-order valence-corrected chi connectivity index (χ1v) is 8.46. The fourth-order valence-electron chi connectivity index (χ4n) is 2.70. The summed E-state index contributed by atoms with van der Waals surface area (Å²) in [5.41, 5.74) is 0. The van der Waals surface area contributed by atoms with Crippen molar-refractivity contribution in [1.29, 1.82) is 0 Å². The molecule has 0 spiro atoms. The maximum Gasteiger partial charge on any atom is 0.139 e. The molecule has 0 aliphatic carbocycles. The fraction of sp³-hybridized carbons (Fsp3) is 1.00. The van der Waals surface area contributed by atoms with Crippen molar-refractivity contribution in [3.05, 3.63) is 0 Å². The van der Waals surface area contributed by atoms with Crippen LogP contribution in [0.1, 0.15) is 12.8 Å². The van der Waals surface area contributed by atoms with E-state index >= 15 is 0 Å². The van der Waals surface area contributed by atoms with E-state index in [1.54, 1.807) is 11.8 Å². The molecule has 114 valence electrons. The molecule has 6 atom stereocenters. The van der Waals surface area contributed by atoms with Crippen LogP contribution in [-0.2, 0) is 18.4 Å². The molecule has 0 radical (unpaired) electrons. The number of aliphatic hydroxyl groups excluding tert-OH is 1. The Hall–Kier alpha value is 0.630. The maximum absolute atomic E-state index is 9.76. The van der Waals surface area contributed by atoms with Gasteiger partial charge in [0.25, 0.3) is 0 Å². The average Bonchev–Trinajstić information content (AvgIpc) is 2.88. The van der Waals surface area contributed by atoms with E-state index in [1.165, 1.54) is 0 Å². The molecular formula is C11H22B2O5S2. The Morgan fingerprint density at radius 2 is 1.85 bits per heavy atom. The minimum absolute atomic E-state index is 0.0736. The van der Waals surface area contributed by atoms with E-state index in [2.05, 4.69) is 20.8 Å². The highest BCUT2D eigenvalue weighted by atomic mass is 32.2. The molecule has 2 heterocycles. The first-order chi connectivity index (χ1) is 9.60. The number of hydrogen-bond acceptors (Lipinski definition) is 7. The van der Waals surface area contributed by atoms with Crippen molar-refractivity contribution < 1.29 is 23.5 Å². The van der Waals surface area contributed by atoms with Crippen LogP contribution < -0.4 is 0 Å². The van der Waals surface area contributed by atoms with E-state index in [-0.39, 0.29) is 24.2 Å². The SMILES string of the molecule is B[C@H]1CC(SCOC[C@H]2O[C@@H](B)C[C@H]2O)[C@@H](COS)O1. The van der Waals surface area contributed by atoms with Gasteiger partial charge < -0.3 is 23.5 Å². The third-order valence-corrected chi connectivity index (χ3v) is 5.06. The van der Waals surface area contributed by atoms with Gasteiger partial charge in [0.2, 0.25) is 0 Å². The van der Waals surface area contributed by atoms with Crippen LogP contribution in [0.5, 0.6) is 0 Å². The van der Waals surface area contributed by atoms with Crippen LogP contribution in [0.4, 0.5) is 0 Å². The van der Waals surface area contributed by atoms with Gasteiger partial charge in [-0.2, -0.15) is 0 Å². The lowest BCUT2D eigenvalue weighted by Gasteiger charge is -2.18. The zero-order chi connectivity index (χ0) is 14.5. The molecule has 5 nitrogen and oxygen atoms in total. The van der Waals surface area contributed by atoms with E-state index in [4.69, 9.17) is 18.4 Å². The number of thiol groups is 1. The van der Waals surface area contributed by atoms with Gasteiger partial charge in [0, 0.05) is 17.3 Å². The molecule has 0 aromatic heterocycles. The Morgan fingerprint density at radius 3 is 2.50 bits per heavy atom. The second-order valence-corrected chi connectivity index (χ2v) is 6.93. The Kier molecular flexibility index (Phi) is 7.06. The number of aliphatic hydroxyl groups is 1. The van der Waals surface area contributed by atoms with Crippen LogP contribution in [0.2, 0.25) is 0 Å². The van der Waals surface area contributed by atoms with Crippen molar-refractivity contribution in [3.8, 4) is 0 Å². The van der Waals surface area contributed by atoms with Gasteiger partial charge in [-0.15, -0.1) is 11.8 Å². The predicted molar refractivity (Wildman–Crippen MR) is 86.8 cm³/mol. The maximum atomic E-state index is 9.76. The monoisotopic (exact) mass is 320 g/mol. The molecule has 9 heteroatoms. The van der Waals surface area contributed by atoms with Gasteiger partial charge in [-0.25, -0.2) is 0 Å². The number of ether oxygens (including phenoxy) is 3. The van der Waals surface area contributed by atoms with Crippen LogP contribution in [0.15, 0.2) is 0 Å². The summed E-state index contributed by atoms with van der Waals surface area (Å²) >= 11 is 5.51.